The minimum Gasteiger partial charge on any atom is -0.355 e. The molecule has 0 spiro atoms. The molecule has 1 aliphatic heterocycles. The molecule has 2 aromatic rings. The molecule has 3 amide bonds. The number of aromatic nitrogens is 1. The highest BCUT2D eigenvalue weighted by Crippen LogP contribution is 2.28. The van der Waals surface area contributed by atoms with Gasteiger partial charge >= 0.3 is 0 Å². The Morgan fingerprint density at radius 2 is 1.69 bits per heavy atom. The Labute approximate surface area is 167 Å². The Balaban J connectivity index is 1.19. The van der Waals surface area contributed by atoms with Crippen molar-refractivity contribution in [2.24, 2.45) is 11.8 Å². The number of likely N-dealkylation sites (tertiary alicyclic amines) is 1. The lowest BCUT2D eigenvalue weighted by atomic mass is 9.79. The van der Waals surface area contributed by atoms with Crippen molar-refractivity contribution in [3.63, 3.8) is 0 Å². The fourth-order valence-electron chi connectivity index (χ4n) is 3.52. The number of carbonyl (C=O) groups excluding carboxylic acids is 3. The predicted octanol–water partition coefficient (Wildman–Crippen LogP) is 0.559. The van der Waals surface area contributed by atoms with Crippen molar-refractivity contribution in [2.75, 3.05) is 20.1 Å². The molecule has 4 rings (SSSR count). The average molecular weight is 397 g/mol. The van der Waals surface area contributed by atoms with E-state index < -0.39 is 0 Å². The molecule has 29 heavy (non-hydrogen) atoms. The van der Waals surface area contributed by atoms with Crippen molar-refractivity contribution < 1.29 is 18.9 Å². The molecule has 9 heteroatoms. The zero-order valence-electron chi connectivity index (χ0n) is 16.1. The quantitative estimate of drug-likeness (QED) is 0.635. The van der Waals surface area contributed by atoms with E-state index >= 15 is 0 Å². The third-order valence-electron chi connectivity index (χ3n) is 5.39. The summed E-state index contributed by atoms with van der Waals surface area (Å²) in [5.41, 5.74) is 6.00. The summed E-state index contributed by atoms with van der Waals surface area (Å²) in [7, 11) is 1.94. The number of hydrazine groups is 1. The summed E-state index contributed by atoms with van der Waals surface area (Å²) >= 11 is 0. The van der Waals surface area contributed by atoms with Crippen LogP contribution < -0.4 is 16.2 Å². The molecule has 1 aromatic carbocycles. The van der Waals surface area contributed by atoms with Crippen LogP contribution in [0, 0.1) is 11.8 Å². The van der Waals surface area contributed by atoms with E-state index in [-0.39, 0.29) is 41.3 Å². The van der Waals surface area contributed by atoms with Gasteiger partial charge in [0, 0.05) is 36.7 Å². The van der Waals surface area contributed by atoms with Gasteiger partial charge in [0.25, 0.3) is 5.91 Å². The van der Waals surface area contributed by atoms with E-state index in [4.69, 9.17) is 4.52 Å². The van der Waals surface area contributed by atoms with E-state index in [0.717, 1.165) is 5.56 Å². The van der Waals surface area contributed by atoms with Crippen LogP contribution in [0.25, 0.3) is 11.3 Å². The SMILES string of the molecule is CN1CC(C(=O)NNC(=O)C2CC(NC(=O)c3cc(-c4ccccc4)on3)C2)C1. The van der Waals surface area contributed by atoms with Gasteiger partial charge in [0.15, 0.2) is 11.5 Å². The predicted molar refractivity (Wildman–Crippen MR) is 103 cm³/mol. The molecular weight excluding hydrogens is 374 g/mol. The highest BCUT2D eigenvalue weighted by Gasteiger charge is 2.37. The number of nitrogens with zero attached hydrogens (tertiary/aromatic N) is 2. The highest BCUT2D eigenvalue weighted by atomic mass is 16.5. The van der Waals surface area contributed by atoms with Gasteiger partial charge in [-0.3, -0.25) is 25.2 Å². The summed E-state index contributed by atoms with van der Waals surface area (Å²) in [6, 6.07) is 10.9. The van der Waals surface area contributed by atoms with Gasteiger partial charge < -0.3 is 14.7 Å². The zero-order chi connectivity index (χ0) is 20.4. The molecule has 1 aromatic heterocycles. The van der Waals surface area contributed by atoms with Gasteiger partial charge in [0.05, 0.1) is 5.92 Å². The van der Waals surface area contributed by atoms with Crippen molar-refractivity contribution in [1.82, 2.24) is 26.2 Å². The lowest BCUT2D eigenvalue weighted by molar-refractivity contribution is -0.137. The van der Waals surface area contributed by atoms with Crippen LogP contribution >= 0.6 is 0 Å². The number of hydrogen-bond donors (Lipinski definition) is 3. The van der Waals surface area contributed by atoms with Gasteiger partial charge in [-0.25, -0.2) is 0 Å². The van der Waals surface area contributed by atoms with Gasteiger partial charge in [-0.15, -0.1) is 0 Å². The lowest BCUT2D eigenvalue weighted by Crippen LogP contribution is -2.57. The van der Waals surface area contributed by atoms with Gasteiger partial charge in [-0.2, -0.15) is 0 Å². The van der Waals surface area contributed by atoms with Crippen molar-refractivity contribution in [1.29, 1.82) is 0 Å². The minimum atomic E-state index is -0.331. The standard InChI is InChI=1S/C20H23N5O4/c1-25-10-14(11-25)19(27)23-22-18(26)13-7-15(8-13)21-20(28)16-9-17(29-24-16)12-5-3-2-4-6-12/h2-6,9,13-15H,7-8,10-11H2,1H3,(H,21,28)(H,22,26)(H,23,27). The normalized spacial score (nSPS) is 21.6. The molecule has 1 saturated heterocycles. The number of nitrogens with one attached hydrogen (secondary N) is 3. The minimum absolute atomic E-state index is 0.0723. The summed E-state index contributed by atoms with van der Waals surface area (Å²) < 4.78 is 5.24. The van der Waals surface area contributed by atoms with E-state index in [1.54, 1.807) is 6.07 Å². The van der Waals surface area contributed by atoms with E-state index in [1.165, 1.54) is 0 Å². The molecule has 3 N–H and O–H groups in total. The monoisotopic (exact) mass is 397 g/mol. The third-order valence-corrected chi connectivity index (χ3v) is 5.39. The number of amides is 3. The second kappa shape index (κ2) is 8.04. The first-order valence-electron chi connectivity index (χ1n) is 9.61. The van der Waals surface area contributed by atoms with Crippen LogP contribution in [-0.2, 0) is 9.59 Å². The summed E-state index contributed by atoms with van der Waals surface area (Å²) in [4.78, 5) is 38.3. The molecule has 0 bridgehead atoms. The Hall–Kier alpha value is -3.20. The molecule has 152 valence electrons. The lowest BCUT2D eigenvalue weighted by Gasteiger charge is -2.36. The second-order valence-electron chi connectivity index (χ2n) is 7.68. The maximum Gasteiger partial charge on any atom is 0.273 e. The number of hydrogen-bond acceptors (Lipinski definition) is 6. The molecule has 0 atom stereocenters. The molecule has 2 aliphatic rings. The van der Waals surface area contributed by atoms with Crippen molar-refractivity contribution in [3.05, 3.63) is 42.1 Å². The molecule has 1 aliphatic carbocycles. The van der Waals surface area contributed by atoms with Crippen LogP contribution in [0.1, 0.15) is 23.3 Å². The number of rotatable bonds is 5. The zero-order valence-corrected chi connectivity index (χ0v) is 16.1. The Bertz CT molecular complexity index is 901. The van der Waals surface area contributed by atoms with Gasteiger partial charge in [-0.1, -0.05) is 35.5 Å². The van der Waals surface area contributed by atoms with Crippen LogP contribution in [-0.4, -0.2) is 54.0 Å². The molecule has 1 saturated carbocycles. The Kier molecular flexibility index (Phi) is 5.30. The molecule has 9 nitrogen and oxygen atoms in total. The number of benzene rings is 1. The highest BCUT2D eigenvalue weighted by molar-refractivity contribution is 5.93. The first kappa shape index (κ1) is 19.1. The van der Waals surface area contributed by atoms with E-state index in [1.807, 2.05) is 42.3 Å². The third kappa shape index (κ3) is 4.29. The average Bonchev–Trinajstić information content (AvgIpc) is 3.17. The Morgan fingerprint density at radius 1 is 1.03 bits per heavy atom. The van der Waals surface area contributed by atoms with Gasteiger partial charge in [0.1, 0.15) is 0 Å². The largest absolute Gasteiger partial charge is 0.355 e. The van der Waals surface area contributed by atoms with Crippen LogP contribution in [0.5, 0.6) is 0 Å². The van der Waals surface area contributed by atoms with Gasteiger partial charge in [0.2, 0.25) is 11.8 Å². The summed E-state index contributed by atoms with van der Waals surface area (Å²) in [6.07, 6.45) is 1.03. The summed E-state index contributed by atoms with van der Waals surface area (Å²) in [5, 5.41) is 6.68. The Morgan fingerprint density at radius 3 is 2.34 bits per heavy atom. The second-order valence-corrected chi connectivity index (χ2v) is 7.68. The molecule has 2 heterocycles. The fraction of sp³-hybridized carbons (Fsp3) is 0.400. The fourth-order valence-corrected chi connectivity index (χ4v) is 3.52. The van der Waals surface area contributed by atoms with Crippen LogP contribution in [0.4, 0.5) is 0 Å². The van der Waals surface area contributed by atoms with Crippen molar-refractivity contribution in [2.45, 2.75) is 18.9 Å². The molecule has 0 radical (unpaired) electrons. The molecular formula is C20H23N5O4. The first-order chi connectivity index (χ1) is 14.0. The van der Waals surface area contributed by atoms with Crippen molar-refractivity contribution in [3.8, 4) is 11.3 Å². The maximum atomic E-state index is 12.3. The van der Waals surface area contributed by atoms with Crippen LogP contribution in [0.3, 0.4) is 0 Å². The molecule has 2 fully saturated rings. The number of carbonyl (C=O) groups is 3. The van der Waals surface area contributed by atoms with Crippen molar-refractivity contribution >= 4 is 17.7 Å². The topological polar surface area (TPSA) is 117 Å². The maximum absolute atomic E-state index is 12.3. The van der Waals surface area contributed by atoms with Gasteiger partial charge in [-0.05, 0) is 19.9 Å². The molecule has 0 unspecified atom stereocenters. The summed E-state index contributed by atoms with van der Waals surface area (Å²) in [6.45, 7) is 1.40. The first-order valence-corrected chi connectivity index (χ1v) is 9.61. The van der Waals surface area contributed by atoms with E-state index in [9.17, 15) is 14.4 Å². The van der Waals surface area contributed by atoms with E-state index in [2.05, 4.69) is 21.3 Å². The van der Waals surface area contributed by atoms with Crippen LogP contribution in [0.15, 0.2) is 40.9 Å². The van der Waals surface area contributed by atoms with E-state index in [0.29, 0.717) is 31.7 Å². The summed E-state index contributed by atoms with van der Waals surface area (Å²) in [5.74, 6) is -0.513. The smallest absolute Gasteiger partial charge is 0.273 e. The van der Waals surface area contributed by atoms with Crippen LogP contribution in [0.2, 0.25) is 0 Å².